The fraction of sp³-hybridized carbons (Fsp3) is 0.125. The second kappa shape index (κ2) is 3.22. The first-order valence-electron chi connectivity index (χ1n) is 3.42. The van der Waals surface area contributed by atoms with Crippen molar-refractivity contribution in [1.29, 1.82) is 0 Å². The highest BCUT2D eigenvalue weighted by atomic mass is 35.5. The van der Waals surface area contributed by atoms with Crippen LogP contribution in [0.15, 0.2) is 6.07 Å². The van der Waals surface area contributed by atoms with E-state index in [1.165, 1.54) is 13.0 Å². The number of benzene rings is 1. The van der Waals surface area contributed by atoms with Gasteiger partial charge < -0.3 is 10.8 Å². The number of carboxylic acid groups (broad SMARTS) is 1. The lowest BCUT2D eigenvalue weighted by Crippen LogP contribution is -2.06. The van der Waals surface area contributed by atoms with E-state index in [1.54, 1.807) is 0 Å². The first-order chi connectivity index (χ1) is 5.95. The standard InChI is InChI=1S/C8H7ClFNO2/c1-3-5(11)2-4(9)7(10)6(3)8(12)13/h2H,11H2,1H3,(H,12,13). The predicted molar refractivity (Wildman–Crippen MR) is 47.5 cm³/mol. The van der Waals surface area contributed by atoms with E-state index in [2.05, 4.69) is 0 Å². The molecule has 0 heterocycles. The van der Waals surface area contributed by atoms with Crippen molar-refractivity contribution < 1.29 is 14.3 Å². The molecule has 70 valence electrons. The Morgan fingerprint density at radius 1 is 1.69 bits per heavy atom. The van der Waals surface area contributed by atoms with Crippen LogP contribution in [0.3, 0.4) is 0 Å². The van der Waals surface area contributed by atoms with E-state index in [4.69, 9.17) is 22.4 Å². The number of hydrogen-bond acceptors (Lipinski definition) is 2. The number of nitrogen functional groups attached to an aromatic ring is 1. The Hall–Kier alpha value is -1.29. The van der Waals surface area contributed by atoms with Crippen LogP contribution in [0, 0.1) is 12.7 Å². The summed E-state index contributed by atoms with van der Waals surface area (Å²) in [6, 6.07) is 1.19. The topological polar surface area (TPSA) is 63.3 Å². The summed E-state index contributed by atoms with van der Waals surface area (Å²) in [5.41, 5.74) is 5.31. The van der Waals surface area contributed by atoms with E-state index in [-0.39, 0.29) is 16.3 Å². The van der Waals surface area contributed by atoms with Crippen LogP contribution in [-0.2, 0) is 0 Å². The summed E-state index contributed by atoms with van der Waals surface area (Å²) < 4.78 is 13.1. The molecule has 0 radical (unpaired) electrons. The SMILES string of the molecule is Cc1c(N)cc(Cl)c(F)c1C(=O)O. The molecular weight excluding hydrogens is 197 g/mol. The Morgan fingerprint density at radius 2 is 2.23 bits per heavy atom. The van der Waals surface area contributed by atoms with Crippen molar-refractivity contribution in [2.45, 2.75) is 6.92 Å². The zero-order valence-electron chi connectivity index (χ0n) is 6.77. The predicted octanol–water partition coefficient (Wildman–Crippen LogP) is 2.07. The number of rotatable bonds is 1. The van der Waals surface area contributed by atoms with Crippen molar-refractivity contribution in [2.24, 2.45) is 0 Å². The number of hydrogen-bond donors (Lipinski definition) is 2. The molecule has 0 amide bonds. The highest BCUT2D eigenvalue weighted by Gasteiger charge is 2.18. The first-order valence-corrected chi connectivity index (χ1v) is 3.80. The zero-order chi connectivity index (χ0) is 10.2. The van der Waals surface area contributed by atoms with Crippen molar-refractivity contribution in [1.82, 2.24) is 0 Å². The summed E-state index contributed by atoms with van der Waals surface area (Å²) in [4.78, 5) is 10.6. The zero-order valence-corrected chi connectivity index (χ0v) is 7.52. The van der Waals surface area contributed by atoms with Crippen molar-refractivity contribution in [3.05, 3.63) is 28.0 Å². The van der Waals surface area contributed by atoms with E-state index < -0.39 is 17.3 Å². The van der Waals surface area contributed by atoms with Gasteiger partial charge in [-0.05, 0) is 18.6 Å². The van der Waals surface area contributed by atoms with Crippen molar-refractivity contribution in [3.63, 3.8) is 0 Å². The van der Waals surface area contributed by atoms with Gasteiger partial charge in [0.1, 0.15) is 5.56 Å². The maximum Gasteiger partial charge on any atom is 0.339 e. The van der Waals surface area contributed by atoms with Gasteiger partial charge in [0, 0.05) is 5.69 Å². The van der Waals surface area contributed by atoms with Crippen LogP contribution >= 0.6 is 11.6 Å². The number of carbonyl (C=O) groups is 1. The molecule has 0 aliphatic rings. The van der Waals surface area contributed by atoms with Gasteiger partial charge in [0.2, 0.25) is 0 Å². The number of halogens is 2. The van der Waals surface area contributed by atoms with Gasteiger partial charge >= 0.3 is 5.97 Å². The molecule has 3 N–H and O–H groups in total. The van der Waals surface area contributed by atoms with Crippen LogP contribution in [0.1, 0.15) is 15.9 Å². The van der Waals surface area contributed by atoms with Crippen LogP contribution in [0.2, 0.25) is 5.02 Å². The van der Waals surface area contributed by atoms with Gasteiger partial charge in [0.15, 0.2) is 5.82 Å². The summed E-state index contributed by atoms with van der Waals surface area (Å²) >= 11 is 5.42. The van der Waals surface area contributed by atoms with E-state index in [9.17, 15) is 9.18 Å². The Bertz CT molecular complexity index is 353. The summed E-state index contributed by atoms with van der Waals surface area (Å²) in [6.07, 6.45) is 0. The highest BCUT2D eigenvalue weighted by Crippen LogP contribution is 2.26. The minimum absolute atomic E-state index is 0.170. The van der Waals surface area contributed by atoms with Crippen molar-refractivity contribution in [3.8, 4) is 0 Å². The summed E-state index contributed by atoms with van der Waals surface area (Å²) in [7, 11) is 0. The molecule has 0 saturated heterocycles. The largest absolute Gasteiger partial charge is 0.478 e. The van der Waals surface area contributed by atoms with Gasteiger partial charge in [0.05, 0.1) is 5.02 Å². The Balaban J connectivity index is 3.56. The second-order valence-electron chi connectivity index (χ2n) is 2.57. The molecule has 13 heavy (non-hydrogen) atoms. The summed E-state index contributed by atoms with van der Waals surface area (Å²) in [5, 5.41) is 8.36. The molecule has 0 aliphatic heterocycles. The molecular formula is C8H7ClFNO2. The molecule has 0 bridgehead atoms. The van der Waals surface area contributed by atoms with Crippen LogP contribution in [0.4, 0.5) is 10.1 Å². The smallest absolute Gasteiger partial charge is 0.339 e. The molecule has 3 nitrogen and oxygen atoms in total. The third kappa shape index (κ3) is 1.58. The first kappa shape index (κ1) is 9.80. The van der Waals surface area contributed by atoms with E-state index in [1.807, 2.05) is 0 Å². The van der Waals surface area contributed by atoms with Gasteiger partial charge in [-0.2, -0.15) is 0 Å². The molecule has 0 atom stereocenters. The number of anilines is 1. The number of aromatic carboxylic acids is 1. The number of nitrogens with two attached hydrogens (primary N) is 1. The van der Waals surface area contributed by atoms with Crippen LogP contribution < -0.4 is 5.73 Å². The molecule has 0 spiro atoms. The van der Waals surface area contributed by atoms with Crippen LogP contribution in [-0.4, -0.2) is 11.1 Å². The lowest BCUT2D eigenvalue weighted by Gasteiger charge is -2.06. The van der Waals surface area contributed by atoms with Gasteiger partial charge in [-0.3, -0.25) is 0 Å². The quantitative estimate of drug-likeness (QED) is 0.687. The average molecular weight is 204 g/mol. The fourth-order valence-corrected chi connectivity index (χ4v) is 1.20. The monoisotopic (exact) mass is 203 g/mol. The maximum absolute atomic E-state index is 13.1. The van der Waals surface area contributed by atoms with E-state index in [0.29, 0.717) is 0 Å². The molecule has 0 fully saturated rings. The summed E-state index contributed by atoms with van der Waals surface area (Å²) in [5.74, 6) is -2.31. The Kier molecular flexibility index (Phi) is 2.43. The lowest BCUT2D eigenvalue weighted by molar-refractivity contribution is 0.0691. The second-order valence-corrected chi connectivity index (χ2v) is 2.97. The lowest BCUT2D eigenvalue weighted by atomic mass is 10.1. The molecule has 1 rings (SSSR count). The van der Waals surface area contributed by atoms with Crippen LogP contribution in [0.5, 0.6) is 0 Å². The molecule has 5 heteroatoms. The highest BCUT2D eigenvalue weighted by molar-refractivity contribution is 6.31. The minimum atomic E-state index is -1.37. The van der Waals surface area contributed by atoms with Gasteiger partial charge in [0.25, 0.3) is 0 Å². The normalized spacial score (nSPS) is 10.1. The van der Waals surface area contributed by atoms with Crippen molar-refractivity contribution >= 4 is 23.3 Å². The minimum Gasteiger partial charge on any atom is -0.478 e. The van der Waals surface area contributed by atoms with Gasteiger partial charge in [-0.1, -0.05) is 11.6 Å². The molecule has 1 aromatic rings. The van der Waals surface area contributed by atoms with Gasteiger partial charge in [-0.15, -0.1) is 0 Å². The Morgan fingerprint density at radius 3 is 2.69 bits per heavy atom. The molecule has 0 aromatic heterocycles. The molecule has 0 aliphatic carbocycles. The third-order valence-electron chi connectivity index (χ3n) is 1.73. The average Bonchev–Trinajstić information content (AvgIpc) is 2.01. The third-order valence-corrected chi connectivity index (χ3v) is 2.01. The van der Waals surface area contributed by atoms with Crippen molar-refractivity contribution in [2.75, 3.05) is 5.73 Å². The molecule has 0 saturated carbocycles. The summed E-state index contributed by atoms with van der Waals surface area (Å²) in [6.45, 7) is 1.43. The maximum atomic E-state index is 13.1. The van der Waals surface area contributed by atoms with E-state index >= 15 is 0 Å². The van der Waals surface area contributed by atoms with Gasteiger partial charge in [-0.25, -0.2) is 9.18 Å². The molecule has 0 unspecified atom stereocenters. The Labute approximate surface area is 78.9 Å². The van der Waals surface area contributed by atoms with E-state index in [0.717, 1.165) is 0 Å². The molecule has 1 aromatic carbocycles. The number of carboxylic acids is 1. The van der Waals surface area contributed by atoms with Crippen LogP contribution in [0.25, 0.3) is 0 Å². The fourth-order valence-electron chi connectivity index (χ4n) is 0.991.